The summed E-state index contributed by atoms with van der Waals surface area (Å²) in [5, 5.41) is 13.7. The molecular weight excluding hydrogens is 188 g/mol. The minimum Gasteiger partial charge on any atom is -0.389 e. The van der Waals surface area contributed by atoms with Crippen LogP contribution in [-0.4, -0.2) is 14.9 Å². The normalized spacial score (nSPS) is 20.4. The first-order valence-electron chi connectivity index (χ1n) is 5.96. The molecule has 0 spiro atoms. The van der Waals surface area contributed by atoms with E-state index in [-0.39, 0.29) is 0 Å². The lowest BCUT2D eigenvalue weighted by Crippen LogP contribution is -2.14. The molecule has 0 radical (unpaired) electrons. The second-order valence-electron chi connectivity index (χ2n) is 4.68. The molecule has 1 aliphatic carbocycles. The summed E-state index contributed by atoms with van der Waals surface area (Å²) in [4.78, 5) is 0. The molecule has 1 fully saturated rings. The second-order valence-corrected chi connectivity index (χ2v) is 4.68. The molecule has 1 N–H and O–H groups in total. The molecule has 1 heterocycles. The van der Waals surface area contributed by atoms with Crippen molar-refractivity contribution in [1.29, 1.82) is 0 Å². The Bertz CT molecular complexity index is 300. The van der Waals surface area contributed by atoms with Crippen molar-refractivity contribution < 1.29 is 5.11 Å². The fraction of sp³-hybridized carbons (Fsp3) is 0.750. The van der Waals surface area contributed by atoms with Gasteiger partial charge in [0.15, 0.2) is 0 Å². The molecule has 1 atom stereocenters. The van der Waals surface area contributed by atoms with Crippen LogP contribution in [0.3, 0.4) is 0 Å². The Morgan fingerprint density at radius 2 is 2.20 bits per heavy atom. The topological polar surface area (TPSA) is 38.1 Å². The standard InChI is InChI=1S/C12H20N2O/c1-10(15)12-7-13-14(9-12)8-11-5-3-2-4-6-11/h7,9-11,15H,2-6,8H2,1H3. The molecule has 2 rings (SSSR count). The Balaban J connectivity index is 1.91. The Kier molecular flexibility index (Phi) is 3.41. The van der Waals surface area contributed by atoms with E-state index in [4.69, 9.17) is 0 Å². The van der Waals surface area contributed by atoms with E-state index < -0.39 is 6.10 Å². The summed E-state index contributed by atoms with van der Waals surface area (Å²) >= 11 is 0. The largest absolute Gasteiger partial charge is 0.389 e. The smallest absolute Gasteiger partial charge is 0.0792 e. The van der Waals surface area contributed by atoms with Gasteiger partial charge in [0, 0.05) is 18.3 Å². The number of hydrogen-bond acceptors (Lipinski definition) is 2. The molecule has 0 amide bonds. The van der Waals surface area contributed by atoms with Gasteiger partial charge in [0.2, 0.25) is 0 Å². The van der Waals surface area contributed by atoms with Gasteiger partial charge in [-0.1, -0.05) is 19.3 Å². The van der Waals surface area contributed by atoms with Gasteiger partial charge in [-0.25, -0.2) is 0 Å². The molecule has 1 saturated carbocycles. The predicted molar refractivity (Wildman–Crippen MR) is 59.4 cm³/mol. The third-order valence-corrected chi connectivity index (χ3v) is 3.31. The van der Waals surface area contributed by atoms with E-state index in [1.54, 1.807) is 13.1 Å². The van der Waals surface area contributed by atoms with Gasteiger partial charge in [0.1, 0.15) is 0 Å². The van der Waals surface area contributed by atoms with E-state index in [0.29, 0.717) is 0 Å². The van der Waals surface area contributed by atoms with E-state index in [1.165, 1.54) is 32.1 Å². The second kappa shape index (κ2) is 4.79. The van der Waals surface area contributed by atoms with Crippen molar-refractivity contribution in [2.75, 3.05) is 0 Å². The van der Waals surface area contributed by atoms with Crippen molar-refractivity contribution in [2.45, 2.75) is 51.7 Å². The molecular formula is C12H20N2O. The first-order valence-corrected chi connectivity index (χ1v) is 5.96. The van der Waals surface area contributed by atoms with Crippen LogP contribution in [0.2, 0.25) is 0 Å². The average molecular weight is 208 g/mol. The van der Waals surface area contributed by atoms with Gasteiger partial charge < -0.3 is 5.11 Å². The highest BCUT2D eigenvalue weighted by molar-refractivity contribution is 5.06. The maximum atomic E-state index is 9.39. The van der Waals surface area contributed by atoms with Gasteiger partial charge in [-0.15, -0.1) is 0 Å². The van der Waals surface area contributed by atoms with Crippen molar-refractivity contribution in [3.63, 3.8) is 0 Å². The monoisotopic (exact) mass is 208 g/mol. The van der Waals surface area contributed by atoms with Crippen molar-refractivity contribution in [2.24, 2.45) is 5.92 Å². The maximum absolute atomic E-state index is 9.39. The highest BCUT2D eigenvalue weighted by atomic mass is 16.3. The SMILES string of the molecule is CC(O)c1cnn(CC2CCCCC2)c1. The van der Waals surface area contributed by atoms with Crippen LogP contribution in [0.25, 0.3) is 0 Å². The molecule has 0 aliphatic heterocycles. The minimum absolute atomic E-state index is 0.398. The fourth-order valence-electron chi connectivity index (χ4n) is 2.33. The summed E-state index contributed by atoms with van der Waals surface area (Å²) in [7, 11) is 0. The minimum atomic E-state index is -0.398. The number of hydrogen-bond donors (Lipinski definition) is 1. The Labute approximate surface area is 91.1 Å². The number of rotatable bonds is 3. The molecule has 0 aromatic carbocycles. The van der Waals surface area contributed by atoms with Crippen molar-refractivity contribution in [1.82, 2.24) is 9.78 Å². The number of aliphatic hydroxyl groups is 1. The third kappa shape index (κ3) is 2.81. The molecule has 1 unspecified atom stereocenters. The lowest BCUT2D eigenvalue weighted by atomic mass is 9.89. The number of aliphatic hydroxyl groups excluding tert-OH is 1. The molecule has 3 heteroatoms. The average Bonchev–Trinajstić information content (AvgIpc) is 2.68. The van der Waals surface area contributed by atoms with Crippen LogP contribution in [0.4, 0.5) is 0 Å². The molecule has 84 valence electrons. The zero-order valence-electron chi connectivity index (χ0n) is 9.39. The van der Waals surface area contributed by atoms with E-state index in [2.05, 4.69) is 5.10 Å². The van der Waals surface area contributed by atoms with Crippen LogP contribution in [0, 0.1) is 5.92 Å². The van der Waals surface area contributed by atoms with E-state index in [1.807, 2.05) is 10.9 Å². The molecule has 3 nitrogen and oxygen atoms in total. The highest BCUT2D eigenvalue weighted by Gasteiger charge is 2.14. The lowest BCUT2D eigenvalue weighted by Gasteiger charge is -2.21. The molecule has 1 aromatic heterocycles. The van der Waals surface area contributed by atoms with E-state index in [0.717, 1.165) is 18.0 Å². The summed E-state index contributed by atoms with van der Waals surface area (Å²) in [5.41, 5.74) is 0.922. The zero-order valence-corrected chi connectivity index (χ0v) is 9.39. The summed E-state index contributed by atoms with van der Waals surface area (Å²) < 4.78 is 1.98. The first-order chi connectivity index (χ1) is 7.25. The molecule has 1 aliphatic rings. The van der Waals surface area contributed by atoms with Crippen molar-refractivity contribution in [3.05, 3.63) is 18.0 Å². The predicted octanol–water partition coefficient (Wildman–Crippen LogP) is 2.52. The summed E-state index contributed by atoms with van der Waals surface area (Å²) in [5.74, 6) is 0.792. The Morgan fingerprint density at radius 3 is 2.80 bits per heavy atom. The van der Waals surface area contributed by atoms with Crippen LogP contribution >= 0.6 is 0 Å². The van der Waals surface area contributed by atoms with E-state index >= 15 is 0 Å². The molecule has 0 bridgehead atoms. The number of aromatic nitrogens is 2. The van der Waals surface area contributed by atoms with Crippen LogP contribution < -0.4 is 0 Å². The fourth-order valence-corrected chi connectivity index (χ4v) is 2.33. The number of nitrogens with zero attached hydrogens (tertiary/aromatic N) is 2. The van der Waals surface area contributed by atoms with Crippen molar-refractivity contribution in [3.8, 4) is 0 Å². The quantitative estimate of drug-likeness (QED) is 0.828. The summed E-state index contributed by atoms with van der Waals surface area (Å²) in [6.45, 7) is 2.80. The molecule has 15 heavy (non-hydrogen) atoms. The van der Waals surface area contributed by atoms with Gasteiger partial charge in [-0.2, -0.15) is 5.10 Å². The first kappa shape index (κ1) is 10.7. The van der Waals surface area contributed by atoms with Crippen LogP contribution in [0.15, 0.2) is 12.4 Å². The van der Waals surface area contributed by atoms with Crippen molar-refractivity contribution >= 4 is 0 Å². The zero-order chi connectivity index (χ0) is 10.7. The maximum Gasteiger partial charge on any atom is 0.0792 e. The Morgan fingerprint density at radius 1 is 1.47 bits per heavy atom. The van der Waals surface area contributed by atoms with E-state index in [9.17, 15) is 5.11 Å². The van der Waals surface area contributed by atoms with Gasteiger partial charge >= 0.3 is 0 Å². The summed E-state index contributed by atoms with van der Waals surface area (Å²) in [6.07, 6.45) is 10.2. The highest BCUT2D eigenvalue weighted by Crippen LogP contribution is 2.25. The van der Waals surface area contributed by atoms with Gasteiger partial charge in [-0.3, -0.25) is 4.68 Å². The Hall–Kier alpha value is -0.830. The van der Waals surface area contributed by atoms with Crippen LogP contribution in [0.5, 0.6) is 0 Å². The van der Waals surface area contributed by atoms with Gasteiger partial charge in [-0.05, 0) is 25.7 Å². The van der Waals surface area contributed by atoms with Crippen LogP contribution in [-0.2, 0) is 6.54 Å². The van der Waals surface area contributed by atoms with Crippen LogP contribution in [0.1, 0.15) is 50.7 Å². The summed E-state index contributed by atoms with van der Waals surface area (Å²) in [6, 6.07) is 0. The van der Waals surface area contributed by atoms with Gasteiger partial charge in [0.25, 0.3) is 0 Å². The lowest BCUT2D eigenvalue weighted by molar-refractivity contribution is 0.199. The van der Waals surface area contributed by atoms with Gasteiger partial charge in [0.05, 0.1) is 12.3 Å². The molecule has 1 aromatic rings. The molecule has 0 saturated heterocycles. The third-order valence-electron chi connectivity index (χ3n) is 3.31.